The Morgan fingerprint density at radius 1 is 1.22 bits per heavy atom. The molecule has 23 heavy (non-hydrogen) atoms. The zero-order valence-corrected chi connectivity index (χ0v) is 13.3. The minimum Gasteiger partial charge on any atom is -0.492 e. The Morgan fingerprint density at radius 3 is 2.39 bits per heavy atom. The first kappa shape index (κ1) is 19.6. The Labute approximate surface area is 139 Å². The van der Waals surface area contributed by atoms with Crippen molar-refractivity contribution in [2.75, 3.05) is 26.2 Å². The fraction of sp³-hybridized carbons (Fsp3) is 0.533. The van der Waals surface area contributed by atoms with Crippen LogP contribution in [0.1, 0.15) is 18.4 Å². The minimum atomic E-state index is -4.35. The number of benzene rings is 1. The molecular weight excluding hydrogens is 333 g/mol. The summed E-state index contributed by atoms with van der Waals surface area (Å²) in [6.45, 7) is 2.26. The van der Waals surface area contributed by atoms with Gasteiger partial charge in [0.1, 0.15) is 12.4 Å². The summed E-state index contributed by atoms with van der Waals surface area (Å²) in [7, 11) is 0. The third-order valence-electron chi connectivity index (χ3n) is 3.56. The van der Waals surface area contributed by atoms with Gasteiger partial charge in [-0.05, 0) is 50.2 Å². The van der Waals surface area contributed by atoms with E-state index in [1.165, 1.54) is 12.1 Å². The maximum absolute atomic E-state index is 12.4. The highest BCUT2D eigenvalue weighted by atomic mass is 35.5. The molecule has 1 saturated heterocycles. The second-order valence-corrected chi connectivity index (χ2v) is 5.19. The molecule has 0 aliphatic carbocycles. The number of amides is 1. The monoisotopic (exact) mass is 352 g/mol. The van der Waals surface area contributed by atoms with E-state index in [1.54, 1.807) is 0 Å². The molecule has 130 valence electrons. The molecule has 0 radical (unpaired) electrons. The molecule has 1 fully saturated rings. The molecule has 4 nitrogen and oxygen atoms in total. The van der Waals surface area contributed by atoms with Gasteiger partial charge in [0.2, 0.25) is 5.91 Å². The van der Waals surface area contributed by atoms with E-state index in [0.29, 0.717) is 12.3 Å². The standard InChI is InChI=1S/C15H19F3N2O2.ClH/c16-15(17,18)12-1-3-13(4-2-12)22-10-9-20-14(21)11-5-7-19-8-6-11;/h1-4,11,19H,5-10H2,(H,20,21);1H. The summed E-state index contributed by atoms with van der Waals surface area (Å²) < 4.78 is 42.5. The van der Waals surface area contributed by atoms with Crippen molar-refractivity contribution in [3.8, 4) is 5.75 Å². The number of hydrogen-bond donors (Lipinski definition) is 2. The fourth-order valence-corrected chi connectivity index (χ4v) is 2.31. The van der Waals surface area contributed by atoms with E-state index in [1.807, 2.05) is 0 Å². The van der Waals surface area contributed by atoms with Gasteiger partial charge in [-0.3, -0.25) is 4.79 Å². The third kappa shape index (κ3) is 6.27. The van der Waals surface area contributed by atoms with E-state index in [0.717, 1.165) is 38.1 Å². The molecule has 8 heteroatoms. The Morgan fingerprint density at radius 2 is 1.83 bits per heavy atom. The predicted molar refractivity (Wildman–Crippen MR) is 82.8 cm³/mol. The van der Waals surface area contributed by atoms with E-state index in [-0.39, 0.29) is 30.8 Å². The summed E-state index contributed by atoms with van der Waals surface area (Å²) >= 11 is 0. The van der Waals surface area contributed by atoms with Crippen molar-refractivity contribution in [3.63, 3.8) is 0 Å². The molecule has 1 aromatic carbocycles. The van der Waals surface area contributed by atoms with Gasteiger partial charge in [0.15, 0.2) is 0 Å². The van der Waals surface area contributed by atoms with Crippen molar-refractivity contribution in [2.24, 2.45) is 5.92 Å². The van der Waals surface area contributed by atoms with Gasteiger partial charge in [-0.2, -0.15) is 13.2 Å². The predicted octanol–water partition coefficient (Wildman–Crippen LogP) is 2.62. The van der Waals surface area contributed by atoms with Gasteiger partial charge in [0.05, 0.1) is 12.1 Å². The maximum atomic E-state index is 12.4. The summed E-state index contributed by atoms with van der Waals surface area (Å²) in [6.07, 6.45) is -2.70. The largest absolute Gasteiger partial charge is 0.492 e. The van der Waals surface area contributed by atoms with Crippen LogP contribution in [0.2, 0.25) is 0 Å². The van der Waals surface area contributed by atoms with Gasteiger partial charge in [-0.1, -0.05) is 0 Å². The first-order valence-electron chi connectivity index (χ1n) is 7.25. The van der Waals surface area contributed by atoms with Crippen molar-refractivity contribution >= 4 is 18.3 Å². The van der Waals surface area contributed by atoms with E-state index >= 15 is 0 Å². The highest BCUT2D eigenvalue weighted by molar-refractivity contribution is 5.85. The molecule has 2 N–H and O–H groups in total. The highest BCUT2D eigenvalue weighted by Gasteiger charge is 2.30. The second kappa shape index (κ2) is 8.98. The summed E-state index contributed by atoms with van der Waals surface area (Å²) in [6, 6.07) is 4.50. The van der Waals surface area contributed by atoms with Crippen molar-refractivity contribution in [1.82, 2.24) is 10.6 Å². The molecule has 0 atom stereocenters. The molecule has 1 aromatic rings. The van der Waals surface area contributed by atoms with Crippen LogP contribution in [0, 0.1) is 5.92 Å². The minimum absolute atomic E-state index is 0. The first-order chi connectivity index (χ1) is 10.5. The summed E-state index contributed by atoms with van der Waals surface area (Å²) in [5.74, 6) is 0.397. The summed E-state index contributed by atoms with van der Waals surface area (Å²) in [4.78, 5) is 11.8. The number of ether oxygens (including phenoxy) is 1. The summed E-state index contributed by atoms with van der Waals surface area (Å²) in [5, 5.41) is 5.98. The lowest BCUT2D eigenvalue weighted by molar-refractivity contribution is -0.137. The van der Waals surface area contributed by atoms with Crippen LogP contribution in [-0.4, -0.2) is 32.1 Å². The van der Waals surface area contributed by atoms with Gasteiger partial charge in [0.25, 0.3) is 0 Å². The number of nitrogens with one attached hydrogen (secondary N) is 2. The fourth-order valence-electron chi connectivity index (χ4n) is 2.31. The van der Waals surface area contributed by atoms with Gasteiger partial charge < -0.3 is 15.4 Å². The Balaban J connectivity index is 0.00000264. The van der Waals surface area contributed by atoms with Crippen molar-refractivity contribution in [2.45, 2.75) is 19.0 Å². The van der Waals surface area contributed by atoms with E-state index in [2.05, 4.69) is 10.6 Å². The third-order valence-corrected chi connectivity index (χ3v) is 3.56. The van der Waals surface area contributed by atoms with Crippen molar-refractivity contribution in [1.29, 1.82) is 0 Å². The van der Waals surface area contributed by atoms with Crippen molar-refractivity contribution in [3.05, 3.63) is 29.8 Å². The Bertz CT molecular complexity index is 488. The molecule has 2 rings (SSSR count). The zero-order chi connectivity index (χ0) is 16.0. The van der Waals surface area contributed by atoms with E-state index in [4.69, 9.17) is 4.74 Å². The van der Waals surface area contributed by atoms with Crippen LogP contribution in [0.3, 0.4) is 0 Å². The number of rotatable bonds is 5. The number of alkyl halides is 3. The molecule has 1 aliphatic rings. The molecule has 0 saturated carbocycles. The van der Waals surface area contributed by atoms with E-state index in [9.17, 15) is 18.0 Å². The molecule has 0 spiro atoms. The van der Waals surface area contributed by atoms with Crippen molar-refractivity contribution < 1.29 is 22.7 Å². The lowest BCUT2D eigenvalue weighted by atomic mass is 9.97. The van der Waals surface area contributed by atoms with Crippen LogP contribution in [-0.2, 0) is 11.0 Å². The number of hydrogen-bond acceptors (Lipinski definition) is 3. The number of carbonyl (C=O) groups is 1. The Hall–Kier alpha value is -1.47. The Kier molecular flexibility index (Phi) is 7.64. The number of piperidine rings is 1. The second-order valence-electron chi connectivity index (χ2n) is 5.19. The normalized spacial score (nSPS) is 15.6. The van der Waals surface area contributed by atoms with Crippen LogP contribution in [0.4, 0.5) is 13.2 Å². The molecule has 0 aromatic heterocycles. The molecule has 0 unspecified atom stereocenters. The van der Waals surface area contributed by atoms with Crippen LogP contribution < -0.4 is 15.4 Å². The van der Waals surface area contributed by atoms with Crippen LogP contribution in [0.15, 0.2) is 24.3 Å². The quantitative estimate of drug-likeness (QED) is 0.801. The number of carbonyl (C=O) groups excluding carboxylic acids is 1. The van der Waals surface area contributed by atoms with Gasteiger partial charge in [-0.15, -0.1) is 12.4 Å². The molecule has 1 heterocycles. The van der Waals surface area contributed by atoms with Crippen LogP contribution in [0.5, 0.6) is 5.75 Å². The summed E-state index contributed by atoms with van der Waals surface area (Å²) in [5.41, 5.74) is -0.709. The average Bonchev–Trinajstić information content (AvgIpc) is 2.52. The molecule has 1 amide bonds. The average molecular weight is 353 g/mol. The van der Waals surface area contributed by atoms with Gasteiger partial charge in [0, 0.05) is 5.92 Å². The maximum Gasteiger partial charge on any atom is 0.416 e. The molecular formula is C15H20ClF3N2O2. The molecule has 1 aliphatic heterocycles. The highest BCUT2D eigenvalue weighted by Crippen LogP contribution is 2.30. The first-order valence-corrected chi connectivity index (χ1v) is 7.25. The zero-order valence-electron chi connectivity index (χ0n) is 12.5. The molecule has 0 bridgehead atoms. The lowest BCUT2D eigenvalue weighted by Gasteiger charge is -2.21. The smallest absolute Gasteiger partial charge is 0.416 e. The van der Waals surface area contributed by atoms with Gasteiger partial charge in [-0.25, -0.2) is 0 Å². The lowest BCUT2D eigenvalue weighted by Crippen LogP contribution is -2.39. The van der Waals surface area contributed by atoms with Crippen LogP contribution in [0.25, 0.3) is 0 Å². The topological polar surface area (TPSA) is 50.4 Å². The van der Waals surface area contributed by atoms with Crippen LogP contribution >= 0.6 is 12.4 Å². The number of halogens is 4. The van der Waals surface area contributed by atoms with E-state index < -0.39 is 11.7 Å². The SMILES string of the molecule is Cl.O=C(NCCOc1ccc(C(F)(F)F)cc1)C1CCNCC1. The van der Waals surface area contributed by atoms with Gasteiger partial charge >= 0.3 is 6.18 Å².